The molecule has 0 aliphatic carbocycles. The molecule has 0 amide bonds. The molecule has 1 aromatic carbocycles. The van der Waals surface area contributed by atoms with Crippen molar-refractivity contribution in [2.75, 3.05) is 20.8 Å². The summed E-state index contributed by atoms with van der Waals surface area (Å²) in [4.78, 5) is 0. The van der Waals surface area contributed by atoms with Crippen LogP contribution in [0.4, 0.5) is 0 Å². The van der Waals surface area contributed by atoms with E-state index in [-0.39, 0.29) is 0 Å². The summed E-state index contributed by atoms with van der Waals surface area (Å²) in [6, 6.07) is 3.68. The molecule has 2 aromatic rings. The van der Waals surface area contributed by atoms with Crippen LogP contribution in [-0.4, -0.2) is 41.9 Å². The molecule has 0 unspecified atom stereocenters. The first-order valence-electron chi connectivity index (χ1n) is 8.24. The summed E-state index contributed by atoms with van der Waals surface area (Å²) in [7, 11) is 3.18. The van der Waals surface area contributed by atoms with Crippen LogP contribution >= 0.6 is 12.2 Å². The quantitative estimate of drug-likeness (QED) is 0.544. The minimum absolute atomic E-state index is 0.465. The Bertz CT molecular complexity index is 757. The maximum absolute atomic E-state index is 5.61. The number of unbranched alkanes of at least 4 members (excludes halogenated alkanes) is 1. The minimum atomic E-state index is 0.465. The molecule has 8 heteroatoms. The lowest BCUT2D eigenvalue weighted by atomic mass is 10.2. The highest BCUT2D eigenvalue weighted by atomic mass is 32.1. The Morgan fingerprint density at radius 1 is 1.24 bits per heavy atom. The Kier molecular flexibility index (Phi) is 7.00. The molecule has 0 bridgehead atoms. The van der Waals surface area contributed by atoms with Crippen molar-refractivity contribution < 1.29 is 14.2 Å². The average Bonchev–Trinajstić information content (AvgIpc) is 2.98. The highest BCUT2D eigenvalue weighted by Gasteiger charge is 2.13. The summed E-state index contributed by atoms with van der Waals surface area (Å²) >= 11 is 5.25. The lowest BCUT2D eigenvalue weighted by molar-refractivity contribution is 0.288. The summed E-state index contributed by atoms with van der Waals surface area (Å²) in [6.07, 6.45) is 4.62. The number of aromatic nitrogens is 3. The first kappa shape index (κ1) is 19.0. The fraction of sp³-hybridized carbons (Fsp3) is 0.471. The van der Waals surface area contributed by atoms with Gasteiger partial charge in [0.05, 0.1) is 27.0 Å². The van der Waals surface area contributed by atoms with E-state index in [2.05, 4.69) is 22.2 Å². The van der Waals surface area contributed by atoms with Gasteiger partial charge >= 0.3 is 0 Å². The van der Waals surface area contributed by atoms with Crippen LogP contribution in [0.2, 0.25) is 0 Å². The smallest absolute Gasteiger partial charge is 0.216 e. The van der Waals surface area contributed by atoms with E-state index < -0.39 is 0 Å². The van der Waals surface area contributed by atoms with Crippen LogP contribution in [0.5, 0.6) is 17.2 Å². The Morgan fingerprint density at radius 2 is 1.92 bits per heavy atom. The van der Waals surface area contributed by atoms with Crippen LogP contribution in [0.15, 0.2) is 17.2 Å². The van der Waals surface area contributed by atoms with Crippen LogP contribution in [0, 0.1) is 4.77 Å². The molecule has 2 rings (SSSR count). The van der Waals surface area contributed by atoms with E-state index in [1.165, 1.54) is 0 Å². The third-order valence-corrected chi connectivity index (χ3v) is 3.83. The molecule has 136 valence electrons. The summed E-state index contributed by atoms with van der Waals surface area (Å²) in [5.41, 5.74) is 0.807. The van der Waals surface area contributed by atoms with E-state index in [4.69, 9.17) is 26.4 Å². The Morgan fingerprint density at radius 3 is 2.48 bits per heavy atom. The van der Waals surface area contributed by atoms with Crippen LogP contribution in [0.25, 0.3) is 0 Å². The summed E-state index contributed by atoms with van der Waals surface area (Å²) in [5, 5.41) is 11.5. The Balaban J connectivity index is 2.35. The molecule has 0 saturated heterocycles. The number of rotatable bonds is 9. The van der Waals surface area contributed by atoms with Crippen LogP contribution in [0.3, 0.4) is 0 Å². The highest BCUT2D eigenvalue weighted by Crippen LogP contribution is 2.38. The number of methoxy groups -OCH3 is 2. The number of aryl methyl sites for hydroxylation is 1. The van der Waals surface area contributed by atoms with Crippen molar-refractivity contribution in [3.63, 3.8) is 0 Å². The third kappa shape index (κ3) is 4.60. The number of nitrogens with zero attached hydrogens (tertiary/aromatic N) is 3. The van der Waals surface area contributed by atoms with Gasteiger partial charge in [-0.25, -0.2) is 0 Å². The number of hydrogen-bond donors (Lipinski definition) is 1. The average molecular weight is 364 g/mol. The standard InChI is InChI=1S/C17H24N4O3S/c1-5-7-8-15-19-20-17(25)21(15)18-11-12-9-13(22-3)16(24-6-2)14(10-12)23-4/h9-11H,5-8H2,1-4H3,(H,20,25)/b18-11-. The molecule has 1 heterocycles. The van der Waals surface area contributed by atoms with E-state index in [1.807, 2.05) is 19.1 Å². The Hall–Kier alpha value is -2.35. The molecule has 1 N–H and O–H groups in total. The van der Waals surface area contributed by atoms with Gasteiger partial charge in [-0.2, -0.15) is 14.9 Å². The molecule has 0 fully saturated rings. The van der Waals surface area contributed by atoms with Gasteiger partial charge in [-0.1, -0.05) is 13.3 Å². The maximum Gasteiger partial charge on any atom is 0.216 e. The van der Waals surface area contributed by atoms with Crippen LogP contribution < -0.4 is 14.2 Å². The van der Waals surface area contributed by atoms with Crippen molar-refractivity contribution in [1.82, 2.24) is 14.9 Å². The topological polar surface area (TPSA) is 73.7 Å². The first-order valence-corrected chi connectivity index (χ1v) is 8.64. The predicted molar refractivity (Wildman–Crippen MR) is 99.7 cm³/mol. The van der Waals surface area contributed by atoms with Gasteiger partial charge in [-0.05, 0) is 37.7 Å². The lowest BCUT2D eigenvalue weighted by Crippen LogP contribution is -2.01. The van der Waals surface area contributed by atoms with Crippen LogP contribution in [-0.2, 0) is 6.42 Å². The molecule has 0 aliphatic rings. The minimum Gasteiger partial charge on any atom is -0.493 e. The van der Waals surface area contributed by atoms with Gasteiger partial charge in [-0.15, -0.1) is 0 Å². The molecule has 0 spiro atoms. The van der Waals surface area contributed by atoms with Crippen molar-refractivity contribution >= 4 is 18.4 Å². The van der Waals surface area contributed by atoms with E-state index >= 15 is 0 Å². The Labute approximate surface area is 152 Å². The highest BCUT2D eigenvalue weighted by molar-refractivity contribution is 7.71. The molecule has 0 radical (unpaired) electrons. The number of ether oxygens (including phenoxy) is 3. The van der Waals surface area contributed by atoms with Crippen molar-refractivity contribution in [1.29, 1.82) is 0 Å². The van der Waals surface area contributed by atoms with Crippen molar-refractivity contribution in [2.24, 2.45) is 5.10 Å². The summed E-state index contributed by atoms with van der Waals surface area (Å²) in [6.45, 7) is 4.56. The van der Waals surface area contributed by atoms with Crippen molar-refractivity contribution in [3.8, 4) is 17.2 Å². The normalized spacial score (nSPS) is 11.0. The van der Waals surface area contributed by atoms with E-state index in [0.29, 0.717) is 28.6 Å². The van der Waals surface area contributed by atoms with Crippen LogP contribution in [0.1, 0.15) is 38.1 Å². The van der Waals surface area contributed by atoms with Gasteiger partial charge in [0.25, 0.3) is 0 Å². The van der Waals surface area contributed by atoms with Gasteiger partial charge in [-0.3, -0.25) is 5.10 Å². The zero-order valence-corrected chi connectivity index (χ0v) is 15.9. The summed E-state index contributed by atoms with van der Waals surface area (Å²) < 4.78 is 18.5. The number of hydrogen-bond acceptors (Lipinski definition) is 6. The molecular formula is C17H24N4O3S. The second kappa shape index (κ2) is 9.22. The number of nitrogens with one attached hydrogen (secondary N) is 1. The summed E-state index contributed by atoms with van der Waals surface area (Å²) in [5.74, 6) is 2.57. The maximum atomic E-state index is 5.61. The molecule has 0 saturated carbocycles. The molecule has 25 heavy (non-hydrogen) atoms. The lowest BCUT2D eigenvalue weighted by Gasteiger charge is -2.14. The van der Waals surface area contributed by atoms with Gasteiger partial charge < -0.3 is 14.2 Å². The third-order valence-electron chi connectivity index (χ3n) is 3.57. The van der Waals surface area contributed by atoms with Crippen molar-refractivity contribution in [2.45, 2.75) is 33.1 Å². The van der Waals surface area contributed by atoms with E-state index in [1.54, 1.807) is 25.1 Å². The molecule has 0 aliphatic heterocycles. The monoisotopic (exact) mass is 364 g/mol. The fourth-order valence-electron chi connectivity index (χ4n) is 2.33. The van der Waals surface area contributed by atoms with Gasteiger partial charge in [0, 0.05) is 12.0 Å². The second-order valence-electron chi connectivity index (χ2n) is 5.29. The molecular weight excluding hydrogens is 340 g/mol. The number of benzene rings is 1. The largest absolute Gasteiger partial charge is 0.493 e. The SMILES string of the molecule is CCCCc1n[nH]c(=S)n1/N=C\c1cc(OC)c(OCC)c(OC)c1. The van der Waals surface area contributed by atoms with Gasteiger partial charge in [0.2, 0.25) is 10.5 Å². The molecule has 1 aromatic heterocycles. The predicted octanol–water partition coefficient (Wildman–Crippen LogP) is 3.58. The zero-order valence-electron chi connectivity index (χ0n) is 15.0. The van der Waals surface area contributed by atoms with Gasteiger partial charge in [0.15, 0.2) is 17.3 Å². The number of H-pyrrole nitrogens is 1. The zero-order chi connectivity index (χ0) is 18.2. The van der Waals surface area contributed by atoms with Crippen molar-refractivity contribution in [3.05, 3.63) is 28.3 Å². The first-order chi connectivity index (χ1) is 12.1. The second-order valence-corrected chi connectivity index (χ2v) is 5.68. The van der Waals surface area contributed by atoms with E-state index in [9.17, 15) is 0 Å². The molecule has 7 nitrogen and oxygen atoms in total. The molecule has 0 atom stereocenters. The fourth-order valence-corrected chi connectivity index (χ4v) is 2.52. The van der Waals surface area contributed by atoms with E-state index in [0.717, 1.165) is 30.7 Å². The van der Waals surface area contributed by atoms with Gasteiger partial charge in [0.1, 0.15) is 0 Å². The number of aromatic amines is 1.